The van der Waals surface area contributed by atoms with Gasteiger partial charge in [-0.05, 0) is 32.4 Å². The molecule has 1 aromatic carbocycles. The number of hydrogen-bond acceptors (Lipinski definition) is 4. The number of ether oxygens (including phenoxy) is 1. The van der Waals surface area contributed by atoms with E-state index in [0.29, 0.717) is 38.6 Å². The highest BCUT2D eigenvalue weighted by molar-refractivity contribution is 7.89. The molecule has 1 rings (SSSR count). The van der Waals surface area contributed by atoms with Crippen LogP contribution in [0.25, 0.3) is 0 Å². The van der Waals surface area contributed by atoms with Crippen LogP contribution in [0.4, 0.5) is 0 Å². The first-order chi connectivity index (χ1) is 11.5. The SMILES string of the molecule is CCS(=O)(=O)NCCCNC(=NC)NCCOc1ccc(C)cc1. The zero-order valence-corrected chi connectivity index (χ0v) is 15.4. The molecule has 0 heterocycles. The van der Waals surface area contributed by atoms with Crippen LogP contribution in [-0.4, -0.2) is 53.4 Å². The first kappa shape index (κ1) is 20.2. The number of aliphatic imine (C=N–C) groups is 1. The summed E-state index contributed by atoms with van der Waals surface area (Å²) < 4.78 is 30.7. The Kier molecular flexibility index (Phi) is 9.18. The van der Waals surface area contributed by atoms with Crippen LogP contribution in [0.5, 0.6) is 5.75 Å². The third-order valence-electron chi connectivity index (χ3n) is 3.26. The number of benzene rings is 1. The second-order valence-electron chi connectivity index (χ2n) is 5.24. The molecule has 3 N–H and O–H groups in total. The zero-order valence-electron chi connectivity index (χ0n) is 14.6. The van der Waals surface area contributed by atoms with Crippen molar-refractivity contribution in [1.29, 1.82) is 0 Å². The number of aryl methyl sites for hydroxylation is 1. The van der Waals surface area contributed by atoms with E-state index in [1.165, 1.54) is 5.56 Å². The van der Waals surface area contributed by atoms with E-state index in [0.717, 1.165) is 5.75 Å². The van der Waals surface area contributed by atoms with Gasteiger partial charge in [0.25, 0.3) is 0 Å². The molecule has 0 atom stereocenters. The fourth-order valence-corrected chi connectivity index (χ4v) is 2.48. The van der Waals surface area contributed by atoms with Gasteiger partial charge in [-0.25, -0.2) is 13.1 Å². The van der Waals surface area contributed by atoms with E-state index in [4.69, 9.17) is 4.74 Å². The smallest absolute Gasteiger partial charge is 0.211 e. The Hall–Kier alpha value is -1.80. The fraction of sp³-hybridized carbons (Fsp3) is 0.562. The van der Waals surface area contributed by atoms with Gasteiger partial charge in [-0.3, -0.25) is 4.99 Å². The van der Waals surface area contributed by atoms with Crippen molar-refractivity contribution in [3.8, 4) is 5.75 Å². The maximum Gasteiger partial charge on any atom is 0.211 e. The Balaban J connectivity index is 2.13. The molecule has 136 valence electrons. The average molecular weight is 356 g/mol. The van der Waals surface area contributed by atoms with Crippen molar-refractivity contribution in [3.05, 3.63) is 29.8 Å². The molecule has 7 nitrogen and oxygen atoms in total. The van der Waals surface area contributed by atoms with E-state index in [-0.39, 0.29) is 5.75 Å². The number of guanidine groups is 1. The van der Waals surface area contributed by atoms with Crippen molar-refractivity contribution in [2.24, 2.45) is 4.99 Å². The van der Waals surface area contributed by atoms with Gasteiger partial charge in [0.05, 0.1) is 12.3 Å². The monoisotopic (exact) mass is 356 g/mol. The summed E-state index contributed by atoms with van der Waals surface area (Å²) in [6.07, 6.45) is 0.680. The second kappa shape index (κ2) is 10.9. The fourth-order valence-electron chi connectivity index (χ4n) is 1.82. The molecule has 0 aliphatic rings. The minimum Gasteiger partial charge on any atom is -0.492 e. The summed E-state index contributed by atoms with van der Waals surface area (Å²) in [7, 11) is -1.42. The van der Waals surface area contributed by atoms with Crippen LogP contribution in [-0.2, 0) is 10.0 Å². The minimum absolute atomic E-state index is 0.102. The Morgan fingerprint density at radius 3 is 2.42 bits per heavy atom. The summed E-state index contributed by atoms with van der Waals surface area (Å²) in [5, 5.41) is 6.27. The van der Waals surface area contributed by atoms with Crippen molar-refractivity contribution in [1.82, 2.24) is 15.4 Å². The van der Waals surface area contributed by atoms with Crippen LogP contribution in [0.1, 0.15) is 18.9 Å². The molecule has 0 aliphatic carbocycles. The van der Waals surface area contributed by atoms with Crippen LogP contribution in [0, 0.1) is 6.92 Å². The summed E-state index contributed by atoms with van der Waals surface area (Å²) in [6.45, 7) is 5.84. The van der Waals surface area contributed by atoms with Gasteiger partial charge < -0.3 is 15.4 Å². The molecule has 24 heavy (non-hydrogen) atoms. The lowest BCUT2D eigenvalue weighted by Crippen LogP contribution is -2.40. The molecule has 0 fully saturated rings. The summed E-state index contributed by atoms with van der Waals surface area (Å²) in [4.78, 5) is 4.11. The van der Waals surface area contributed by atoms with Gasteiger partial charge in [0.15, 0.2) is 5.96 Å². The third-order valence-corrected chi connectivity index (χ3v) is 4.66. The van der Waals surface area contributed by atoms with Gasteiger partial charge in [-0.15, -0.1) is 0 Å². The van der Waals surface area contributed by atoms with Crippen molar-refractivity contribution >= 4 is 16.0 Å². The predicted octanol–water partition coefficient (Wildman–Crippen LogP) is 0.868. The first-order valence-corrected chi connectivity index (χ1v) is 9.73. The van der Waals surface area contributed by atoms with Gasteiger partial charge in [-0.1, -0.05) is 17.7 Å². The number of hydrogen-bond donors (Lipinski definition) is 3. The zero-order chi connectivity index (χ0) is 17.8. The standard InChI is InChI=1S/C16H28N4O3S/c1-4-24(21,22)20-11-5-10-18-16(17-3)19-12-13-23-15-8-6-14(2)7-9-15/h6-9,20H,4-5,10-13H2,1-3H3,(H2,17,18,19). The van der Waals surface area contributed by atoms with Gasteiger partial charge in [0, 0.05) is 20.1 Å². The summed E-state index contributed by atoms with van der Waals surface area (Å²) in [5.74, 6) is 1.61. The Morgan fingerprint density at radius 1 is 1.12 bits per heavy atom. The van der Waals surface area contributed by atoms with Crippen molar-refractivity contribution in [2.75, 3.05) is 39.0 Å². The summed E-state index contributed by atoms with van der Waals surface area (Å²) in [5.41, 5.74) is 1.20. The molecule has 1 aromatic rings. The summed E-state index contributed by atoms with van der Waals surface area (Å²) in [6, 6.07) is 7.91. The Morgan fingerprint density at radius 2 is 1.79 bits per heavy atom. The minimum atomic E-state index is -3.11. The Bertz CT molecular complexity index is 600. The van der Waals surface area contributed by atoms with E-state index in [2.05, 4.69) is 20.3 Å². The van der Waals surface area contributed by atoms with Crippen molar-refractivity contribution < 1.29 is 13.2 Å². The Labute approximate surface area is 145 Å². The van der Waals surface area contributed by atoms with E-state index in [9.17, 15) is 8.42 Å². The topological polar surface area (TPSA) is 91.8 Å². The normalized spacial score (nSPS) is 12.0. The number of sulfonamides is 1. The quantitative estimate of drug-likeness (QED) is 0.329. The molecular weight excluding hydrogens is 328 g/mol. The maximum absolute atomic E-state index is 11.3. The van der Waals surface area contributed by atoms with Crippen LogP contribution in [0.2, 0.25) is 0 Å². The second-order valence-corrected chi connectivity index (χ2v) is 7.33. The van der Waals surface area contributed by atoms with Gasteiger partial charge in [-0.2, -0.15) is 0 Å². The lowest BCUT2D eigenvalue weighted by Gasteiger charge is -2.12. The average Bonchev–Trinajstić information content (AvgIpc) is 2.58. The van der Waals surface area contributed by atoms with Gasteiger partial charge in [0.1, 0.15) is 12.4 Å². The van der Waals surface area contributed by atoms with Crippen LogP contribution in [0.15, 0.2) is 29.3 Å². The van der Waals surface area contributed by atoms with Crippen LogP contribution in [0.3, 0.4) is 0 Å². The molecule has 0 saturated carbocycles. The first-order valence-electron chi connectivity index (χ1n) is 8.08. The summed E-state index contributed by atoms with van der Waals surface area (Å²) >= 11 is 0. The molecular formula is C16H28N4O3S. The highest BCUT2D eigenvalue weighted by atomic mass is 32.2. The molecule has 0 saturated heterocycles. The van der Waals surface area contributed by atoms with Gasteiger partial charge in [0.2, 0.25) is 10.0 Å². The lowest BCUT2D eigenvalue weighted by molar-refractivity contribution is 0.322. The predicted molar refractivity (Wildman–Crippen MR) is 98.1 cm³/mol. The molecule has 0 bridgehead atoms. The highest BCUT2D eigenvalue weighted by Gasteiger charge is 2.04. The number of nitrogens with one attached hydrogen (secondary N) is 3. The molecule has 8 heteroatoms. The molecule has 0 radical (unpaired) electrons. The third kappa shape index (κ3) is 8.73. The van der Waals surface area contributed by atoms with E-state index in [1.54, 1.807) is 14.0 Å². The van der Waals surface area contributed by atoms with Crippen molar-refractivity contribution in [2.45, 2.75) is 20.3 Å². The van der Waals surface area contributed by atoms with Crippen molar-refractivity contribution in [3.63, 3.8) is 0 Å². The largest absolute Gasteiger partial charge is 0.492 e. The van der Waals surface area contributed by atoms with Crippen LogP contribution < -0.4 is 20.1 Å². The molecule has 0 amide bonds. The number of rotatable bonds is 10. The molecule has 0 unspecified atom stereocenters. The highest BCUT2D eigenvalue weighted by Crippen LogP contribution is 2.10. The van der Waals surface area contributed by atoms with E-state index in [1.807, 2.05) is 31.2 Å². The van der Waals surface area contributed by atoms with Crippen LogP contribution >= 0.6 is 0 Å². The number of nitrogens with zero attached hydrogens (tertiary/aromatic N) is 1. The van der Waals surface area contributed by atoms with Gasteiger partial charge >= 0.3 is 0 Å². The molecule has 0 aromatic heterocycles. The maximum atomic E-state index is 11.3. The molecule has 0 aliphatic heterocycles. The lowest BCUT2D eigenvalue weighted by atomic mass is 10.2. The van der Waals surface area contributed by atoms with E-state index >= 15 is 0 Å². The van der Waals surface area contributed by atoms with E-state index < -0.39 is 10.0 Å². The molecule has 0 spiro atoms.